The minimum atomic E-state index is -0.506. The minimum absolute atomic E-state index is 0.228. The van der Waals surface area contributed by atoms with Crippen molar-refractivity contribution in [3.05, 3.63) is 65.5 Å². The van der Waals surface area contributed by atoms with E-state index in [1.54, 1.807) is 24.1 Å². The molecule has 0 saturated carbocycles. The van der Waals surface area contributed by atoms with Crippen LogP contribution < -0.4 is 0 Å². The van der Waals surface area contributed by atoms with E-state index in [1.807, 2.05) is 44.2 Å². The molecule has 0 N–H and O–H groups in total. The third kappa shape index (κ3) is 5.05. The predicted octanol–water partition coefficient (Wildman–Crippen LogP) is 3.46. The monoisotopic (exact) mass is 356 g/mol. The van der Waals surface area contributed by atoms with E-state index in [9.17, 15) is 9.59 Å². The van der Waals surface area contributed by atoms with Gasteiger partial charge in [-0.25, -0.2) is 9.59 Å². The standard InChI is InChI=1S/C20H24N2O4/c1-20(2,12-17-11-10-16(13-21-17)18(23)25-4)22(3)19(24)26-14-15-8-6-5-7-9-15/h5-11,13H,12,14H2,1-4H3. The number of carbonyl (C=O) groups is 2. The number of rotatable bonds is 6. The molecule has 1 aromatic carbocycles. The minimum Gasteiger partial charge on any atom is -0.465 e. The lowest BCUT2D eigenvalue weighted by Crippen LogP contribution is -2.46. The van der Waals surface area contributed by atoms with Crippen molar-refractivity contribution in [2.75, 3.05) is 14.2 Å². The van der Waals surface area contributed by atoms with Gasteiger partial charge in [0.1, 0.15) is 6.61 Å². The first-order valence-electron chi connectivity index (χ1n) is 8.31. The summed E-state index contributed by atoms with van der Waals surface area (Å²) >= 11 is 0. The highest BCUT2D eigenvalue weighted by Gasteiger charge is 2.29. The highest BCUT2D eigenvalue weighted by Crippen LogP contribution is 2.20. The molecule has 0 spiro atoms. The lowest BCUT2D eigenvalue weighted by Gasteiger charge is -2.34. The Morgan fingerprint density at radius 2 is 1.81 bits per heavy atom. The molecule has 0 aliphatic carbocycles. The summed E-state index contributed by atoms with van der Waals surface area (Å²) in [5.41, 5.74) is 1.59. The second kappa shape index (κ2) is 8.47. The zero-order valence-electron chi connectivity index (χ0n) is 15.6. The van der Waals surface area contributed by atoms with Gasteiger partial charge >= 0.3 is 12.1 Å². The van der Waals surface area contributed by atoms with Crippen LogP contribution in [0.25, 0.3) is 0 Å². The number of likely N-dealkylation sites (N-methyl/N-ethyl adjacent to an activating group) is 1. The molecule has 2 aromatic rings. The van der Waals surface area contributed by atoms with Gasteiger partial charge in [-0.1, -0.05) is 30.3 Å². The molecule has 1 heterocycles. The Morgan fingerprint density at radius 1 is 1.12 bits per heavy atom. The predicted molar refractivity (Wildman–Crippen MR) is 97.7 cm³/mol. The smallest absolute Gasteiger partial charge is 0.410 e. The summed E-state index contributed by atoms with van der Waals surface area (Å²) in [4.78, 5) is 29.7. The first-order valence-corrected chi connectivity index (χ1v) is 8.31. The second-order valence-corrected chi connectivity index (χ2v) is 6.62. The van der Waals surface area contributed by atoms with E-state index in [0.29, 0.717) is 12.0 Å². The van der Waals surface area contributed by atoms with Crippen LogP contribution in [-0.2, 0) is 22.5 Å². The van der Waals surface area contributed by atoms with Crippen LogP contribution in [0.4, 0.5) is 4.79 Å². The summed E-state index contributed by atoms with van der Waals surface area (Å²) in [6.45, 7) is 4.10. The van der Waals surface area contributed by atoms with Gasteiger partial charge in [-0.15, -0.1) is 0 Å². The molecule has 26 heavy (non-hydrogen) atoms. The van der Waals surface area contributed by atoms with Gasteiger partial charge < -0.3 is 14.4 Å². The maximum Gasteiger partial charge on any atom is 0.410 e. The van der Waals surface area contributed by atoms with Gasteiger partial charge in [0, 0.05) is 30.9 Å². The average Bonchev–Trinajstić information content (AvgIpc) is 2.66. The zero-order chi connectivity index (χ0) is 19.2. The SMILES string of the molecule is COC(=O)c1ccc(CC(C)(C)N(C)C(=O)OCc2ccccc2)nc1. The molecule has 0 radical (unpaired) electrons. The average molecular weight is 356 g/mol. The zero-order valence-corrected chi connectivity index (χ0v) is 15.6. The fourth-order valence-electron chi connectivity index (χ4n) is 2.39. The number of benzene rings is 1. The normalized spacial score (nSPS) is 10.9. The Kier molecular flexibility index (Phi) is 6.33. The number of methoxy groups -OCH3 is 1. The van der Waals surface area contributed by atoms with Crippen molar-refractivity contribution in [1.29, 1.82) is 0 Å². The molecule has 0 aliphatic heterocycles. The third-order valence-electron chi connectivity index (χ3n) is 4.25. The molecule has 0 saturated heterocycles. The molecule has 2 rings (SSSR count). The highest BCUT2D eigenvalue weighted by molar-refractivity contribution is 5.88. The fourth-order valence-corrected chi connectivity index (χ4v) is 2.39. The van der Waals surface area contributed by atoms with E-state index in [0.717, 1.165) is 11.3 Å². The largest absolute Gasteiger partial charge is 0.465 e. The Hall–Kier alpha value is -2.89. The molecule has 6 heteroatoms. The van der Waals surface area contributed by atoms with E-state index in [1.165, 1.54) is 13.3 Å². The van der Waals surface area contributed by atoms with Gasteiger partial charge in [0.2, 0.25) is 0 Å². The summed E-state index contributed by atoms with van der Waals surface area (Å²) in [5, 5.41) is 0. The number of pyridine rings is 1. The van der Waals surface area contributed by atoms with E-state index in [2.05, 4.69) is 9.72 Å². The first kappa shape index (κ1) is 19.4. The van der Waals surface area contributed by atoms with Gasteiger partial charge in [-0.3, -0.25) is 4.98 Å². The van der Waals surface area contributed by atoms with Gasteiger partial charge in [0.15, 0.2) is 0 Å². The number of aromatic nitrogens is 1. The number of amides is 1. The summed E-state index contributed by atoms with van der Waals surface area (Å²) in [6, 6.07) is 13.0. The maximum absolute atomic E-state index is 12.4. The summed E-state index contributed by atoms with van der Waals surface area (Å²) < 4.78 is 10.0. The highest BCUT2D eigenvalue weighted by atomic mass is 16.6. The van der Waals surface area contributed by atoms with Crippen LogP contribution in [0, 0.1) is 0 Å². The van der Waals surface area contributed by atoms with Crippen molar-refractivity contribution in [1.82, 2.24) is 9.88 Å². The summed E-state index contributed by atoms with van der Waals surface area (Å²) in [7, 11) is 3.03. The van der Waals surface area contributed by atoms with Crippen LogP contribution in [0.3, 0.4) is 0 Å². The second-order valence-electron chi connectivity index (χ2n) is 6.62. The van der Waals surface area contributed by atoms with Crippen molar-refractivity contribution in [2.45, 2.75) is 32.4 Å². The number of nitrogens with zero attached hydrogens (tertiary/aromatic N) is 2. The van der Waals surface area contributed by atoms with Crippen LogP contribution in [-0.4, -0.2) is 41.6 Å². The van der Waals surface area contributed by atoms with Crippen LogP contribution in [0.15, 0.2) is 48.7 Å². The molecule has 0 aliphatic rings. The van der Waals surface area contributed by atoms with Crippen molar-refractivity contribution < 1.29 is 19.1 Å². The van der Waals surface area contributed by atoms with E-state index < -0.39 is 17.6 Å². The molecule has 6 nitrogen and oxygen atoms in total. The van der Waals surface area contributed by atoms with Crippen LogP contribution in [0.2, 0.25) is 0 Å². The van der Waals surface area contributed by atoms with Crippen LogP contribution >= 0.6 is 0 Å². The summed E-state index contributed by atoms with van der Waals surface area (Å²) in [5.74, 6) is -0.426. The Labute approximate surface area is 153 Å². The van der Waals surface area contributed by atoms with Crippen LogP contribution in [0.1, 0.15) is 35.5 Å². The lowest BCUT2D eigenvalue weighted by atomic mass is 9.96. The molecule has 0 atom stereocenters. The van der Waals surface area contributed by atoms with Gasteiger partial charge in [-0.2, -0.15) is 0 Å². The number of ether oxygens (including phenoxy) is 2. The number of hydrogen-bond acceptors (Lipinski definition) is 5. The molecular weight excluding hydrogens is 332 g/mol. The maximum atomic E-state index is 12.4. The molecule has 0 bridgehead atoms. The summed E-state index contributed by atoms with van der Waals surface area (Å²) in [6.07, 6.45) is 1.60. The quantitative estimate of drug-likeness (QED) is 0.742. The lowest BCUT2D eigenvalue weighted by molar-refractivity contribution is 0.0600. The first-order chi connectivity index (χ1) is 12.3. The van der Waals surface area contributed by atoms with Gasteiger partial charge in [0.25, 0.3) is 0 Å². The molecule has 1 aromatic heterocycles. The molecule has 1 amide bonds. The van der Waals surface area contributed by atoms with E-state index in [4.69, 9.17) is 4.74 Å². The number of carbonyl (C=O) groups excluding carboxylic acids is 2. The Morgan fingerprint density at radius 3 is 2.38 bits per heavy atom. The molecule has 138 valence electrons. The van der Waals surface area contributed by atoms with Crippen molar-refractivity contribution >= 4 is 12.1 Å². The topological polar surface area (TPSA) is 68.7 Å². The Bertz CT molecular complexity index is 742. The van der Waals surface area contributed by atoms with E-state index in [-0.39, 0.29) is 6.61 Å². The molecular formula is C20H24N2O4. The molecule has 0 unspecified atom stereocenters. The van der Waals surface area contributed by atoms with Gasteiger partial charge in [0.05, 0.1) is 12.7 Å². The van der Waals surface area contributed by atoms with Crippen molar-refractivity contribution in [3.8, 4) is 0 Å². The van der Waals surface area contributed by atoms with Crippen molar-refractivity contribution in [2.24, 2.45) is 0 Å². The fraction of sp³-hybridized carbons (Fsp3) is 0.350. The third-order valence-corrected chi connectivity index (χ3v) is 4.25. The van der Waals surface area contributed by atoms with E-state index >= 15 is 0 Å². The number of esters is 1. The Balaban J connectivity index is 1.96. The van der Waals surface area contributed by atoms with Crippen LogP contribution in [0.5, 0.6) is 0 Å². The molecule has 0 fully saturated rings. The number of hydrogen-bond donors (Lipinski definition) is 0. The van der Waals surface area contributed by atoms with Gasteiger partial charge in [-0.05, 0) is 31.5 Å². The van der Waals surface area contributed by atoms with Crippen molar-refractivity contribution in [3.63, 3.8) is 0 Å².